The molecule has 19 heteroatoms. The summed E-state index contributed by atoms with van der Waals surface area (Å²) >= 11 is 7.46. The number of aliphatic hydroxyl groups excluding tert-OH is 1. The Kier molecular flexibility index (Phi) is 16.7. The highest BCUT2D eigenvalue weighted by molar-refractivity contribution is 7.17. The van der Waals surface area contributed by atoms with Crippen molar-refractivity contribution in [2.24, 2.45) is 0 Å². The molecule has 7 aromatic rings. The third kappa shape index (κ3) is 13.4. The van der Waals surface area contributed by atoms with Gasteiger partial charge in [0.2, 0.25) is 5.95 Å². The van der Waals surface area contributed by atoms with Crippen LogP contribution in [0.2, 0.25) is 5.02 Å². The number of pyridine rings is 1. The van der Waals surface area contributed by atoms with E-state index < -0.39 is 0 Å². The molecule has 0 unspecified atom stereocenters. The molecule has 362 valence electrons. The lowest BCUT2D eigenvalue weighted by atomic mass is 10.1. The molecule has 0 atom stereocenters. The van der Waals surface area contributed by atoms with E-state index in [4.69, 9.17) is 16.7 Å². The van der Waals surface area contributed by atoms with E-state index in [-0.39, 0.29) is 18.4 Å². The first-order valence-corrected chi connectivity index (χ1v) is 24.3. The predicted octanol–water partition coefficient (Wildman–Crippen LogP) is 7.90. The Hall–Kier alpha value is -6.93. The lowest BCUT2D eigenvalue weighted by Crippen LogP contribution is -2.47. The summed E-state index contributed by atoms with van der Waals surface area (Å²) in [4.78, 5) is 61.8. The molecule has 0 spiro atoms. The first kappa shape index (κ1) is 49.5. The topological polar surface area (TPSA) is 193 Å². The van der Waals surface area contributed by atoms with Crippen molar-refractivity contribution in [3.63, 3.8) is 0 Å². The van der Waals surface area contributed by atoms with E-state index >= 15 is 0 Å². The summed E-state index contributed by atoms with van der Waals surface area (Å²) in [5.74, 6) is 2.18. The summed E-state index contributed by atoms with van der Waals surface area (Å²) in [5.41, 5.74) is 7.57. The number of anilines is 7. The Bertz CT molecular complexity index is 2850. The van der Waals surface area contributed by atoms with Crippen molar-refractivity contribution >= 4 is 74.5 Å². The molecular weight excluding hydrogens is 924 g/mol. The number of aromatic nitrogens is 6. The number of rotatable bonds is 14. The number of hydrogen-bond acceptors (Lipinski definition) is 16. The van der Waals surface area contributed by atoms with Gasteiger partial charge < -0.3 is 36.2 Å². The second-order valence-corrected chi connectivity index (χ2v) is 18.6. The maximum Gasteiger partial charge on any atom is 0.267 e. The number of aryl methyl sites for hydroxylation is 3. The number of amides is 2. The molecule has 2 aliphatic heterocycles. The van der Waals surface area contributed by atoms with Crippen LogP contribution in [0.3, 0.4) is 0 Å². The molecule has 17 nitrogen and oxygen atoms in total. The average Bonchev–Trinajstić information content (AvgIpc) is 3.84. The largest absolute Gasteiger partial charge is 0.395 e. The third-order valence-electron chi connectivity index (χ3n) is 11.9. The van der Waals surface area contributed by atoms with Crippen molar-refractivity contribution in [3.05, 3.63) is 148 Å². The van der Waals surface area contributed by atoms with Gasteiger partial charge in [-0.2, -0.15) is 0 Å². The maximum absolute atomic E-state index is 12.9. The van der Waals surface area contributed by atoms with Crippen LogP contribution in [0.15, 0.2) is 110 Å². The molecular formula is C51H57ClN14O3S. The molecule has 0 saturated carbocycles. The molecule has 2 aliphatic rings. The van der Waals surface area contributed by atoms with Gasteiger partial charge in [0.25, 0.3) is 11.8 Å². The number of carbonyl (C=O) groups excluding carboxylic acids is 2. The number of nitrogens with zero attached hydrogens (tertiary/aromatic N) is 10. The summed E-state index contributed by atoms with van der Waals surface area (Å²) in [6.45, 7) is 15.3. The fourth-order valence-electron chi connectivity index (χ4n) is 7.91. The van der Waals surface area contributed by atoms with E-state index in [1.54, 1.807) is 24.7 Å². The van der Waals surface area contributed by atoms with Gasteiger partial charge in [-0.05, 0) is 93.0 Å². The number of likely N-dealkylation sites (N-methyl/N-ethyl adjacent to an activating group) is 1. The van der Waals surface area contributed by atoms with Gasteiger partial charge in [-0.3, -0.25) is 24.4 Å². The van der Waals surface area contributed by atoms with E-state index in [0.717, 1.165) is 92.8 Å². The van der Waals surface area contributed by atoms with Crippen molar-refractivity contribution in [1.82, 2.24) is 44.6 Å². The highest BCUT2D eigenvalue weighted by atomic mass is 35.5. The van der Waals surface area contributed by atoms with Gasteiger partial charge in [0.1, 0.15) is 22.3 Å². The smallest absolute Gasteiger partial charge is 0.267 e. The minimum atomic E-state index is -0.267. The molecule has 5 N–H and O–H groups in total. The van der Waals surface area contributed by atoms with E-state index in [1.807, 2.05) is 99.6 Å². The van der Waals surface area contributed by atoms with Crippen LogP contribution >= 0.6 is 22.9 Å². The maximum atomic E-state index is 12.9. The molecule has 0 radical (unpaired) electrons. The van der Waals surface area contributed by atoms with Gasteiger partial charge in [-0.25, -0.2) is 24.9 Å². The Labute approximate surface area is 417 Å². The number of aliphatic hydroxyl groups is 1. The molecule has 6 heterocycles. The first-order valence-electron chi connectivity index (χ1n) is 23.1. The minimum Gasteiger partial charge on any atom is -0.395 e. The first-order chi connectivity index (χ1) is 34.0. The number of carbonyl (C=O) groups is 2. The number of halogens is 1. The second kappa shape index (κ2) is 23.6. The van der Waals surface area contributed by atoms with E-state index in [1.165, 1.54) is 23.1 Å². The molecule has 0 bridgehead atoms. The Morgan fingerprint density at radius 2 is 1.53 bits per heavy atom. The van der Waals surface area contributed by atoms with Gasteiger partial charge in [-0.1, -0.05) is 53.3 Å². The van der Waals surface area contributed by atoms with Crippen LogP contribution in [-0.2, 0) is 6.54 Å². The SMILES string of the molecule is Cc1ccc(NC(=O)c2ccc(CN3CCN(C)CC3)cc2)cc1Nc1nccc(-c2cccnc2)n1.Cc1nc(Nc2ncc(C(=O)Nc3c(C)cccc3Cl)s2)cc(N2CCN(CCO)CC2)n1. The number of piperazine rings is 2. The van der Waals surface area contributed by atoms with Crippen LogP contribution in [-0.4, -0.2) is 134 Å². The molecule has 70 heavy (non-hydrogen) atoms. The second-order valence-electron chi connectivity index (χ2n) is 17.1. The zero-order chi connectivity index (χ0) is 49.0. The van der Waals surface area contributed by atoms with Crippen LogP contribution in [0.25, 0.3) is 11.3 Å². The molecule has 2 amide bonds. The fraction of sp³-hybridized carbons (Fsp3) is 0.294. The van der Waals surface area contributed by atoms with Crippen LogP contribution in [0, 0.1) is 20.8 Å². The molecule has 9 rings (SSSR count). The number of hydrogen-bond donors (Lipinski definition) is 5. The highest BCUT2D eigenvalue weighted by Crippen LogP contribution is 2.29. The monoisotopic (exact) mass is 980 g/mol. The number of β-amino-alcohol motifs (C(OH)–C–C–N with tert-alkyl or cyclic N) is 1. The molecule has 0 aliphatic carbocycles. The quantitative estimate of drug-likeness (QED) is 0.0706. The van der Waals surface area contributed by atoms with Crippen molar-refractivity contribution < 1.29 is 14.7 Å². The van der Waals surface area contributed by atoms with E-state index in [9.17, 15) is 9.59 Å². The van der Waals surface area contributed by atoms with Crippen molar-refractivity contribution in [2.75, 3.05) is 98.7 Å². The number of nitrogens with one attached hydrogen (secondary N) is 4. The third-order valence-corrected chi connectivity index (χ3v) is 13.2. The summed E-state index contributed by atoms with van der Waals surface area (Å²) < 4.78 is 0. The number of benzene rings is 3. The van der Waals surface area contributed by atoms with Crippen molar-refractivity contribution in [2.45, 2.75) is 27.3 Å². The van der Waals surface area contributed by atoms with Gasteiger partial charge in [0.15, 0.2) is 5.13 Å². The lowest BCUT2D eigenvalue weighted by Gasteiger charge is -2.35. The summed E-state index contributed by atoms with van der Waals surface area (Å²) in [6, 6.07) is 26.7. The van der Waals surface area contributed by atoms with Crippen LogP contribution in [0.4, 0.5) is 39.8 Å². The number of para-hydroxylation sites is 1. The van der Waals surface area contributed by atoms with Gasteiger partial charge in [0.05, 0.1) is 29.2 Å². The fourth-order valence-corrected chi connectivity index (χ4v) is 8.90. The van der Waals surface area contributed by atoms with Crippen LogP contribution < -0.4 is 26.2 Å². The minimum absolute atomic E-state index is 0.143. The standard InChI is InChI=1S/C29H31N7O.C22H26ClN7O2S/c1-21-5-10-25(18-27(21)34-29-31-13-11-26(33-29)24-4-3-12-30-19-24)32-28(37)23-8-6-22(7-9-23)20-36-16-14-35(2)15-17-36;1-14-4-3-5-16(23)20(14)28-21(32)17-13-24-22(33-17)27-18-12-19(26-15(2)25-18)30-8-6-29(7-9-30)10-11-31/h3-13,18-19H,14-17,20H2,1-2H3,(H,32,37)(H,31,33,34);3-5,12-13,31H,6-11H2,1-2H3,(H,28,32)(H,24,25,26,27). The van der Waals surface area contributed by atoms with Crippen molar-refractivity contribution in [3.8, 4) is 11.3 Å². The van der Waals surface area contributed by atoms with E-state index in [2.05, 4.69) is 77.8 Å². The van der Waals surface area contributed by atoms with Crippen LogP contribution in [0.1, 0.15) is 42.5 Å². The van der Waals surface area contributed by atoms with Gasteiger partial charge in [0, 0.05) is 113 Å². The Morgan fingerprint density at radius 1 is 0.743 bits per heavy atom. The normalized spacial score (nSPS) is 14.3. The van der Waals surface area contributed by atoms with Gasteiger partial charge >= 0.3 is 0 Å². The summed E-state index contributed by atoms with van der Waals surface area (Å²) in [5, 5.41) is 22.5. The average molecular weight is 982 g/mol. The Morgan fingerprint density at radius 3 is 2.27 bits per heavy atom. The van der Waals surface area contributed by atoms with Crippen LogP contribution in [0.5, 0.6) is 0 Å². The molecule has 3 aromatic carbocycles. The Balaban J connectivity index is 0.000000190. The van der Waals surface area contributed by atoms with E-state index in [0.29, 0.717) is 56.1 Å². The molecule has 2 saturated heterocycles. The molecule has 2 fully saturated rings. The molecule has 4 aromatic heterocycles. The highest BCUT2D eigenvalue weighted by Gasteiger charge is 2.20. The number of thiazole rings is 1. The predicted molar refractivity (Wildman–Crippen MR) is 279 cm³/mol. The van der Waals surface area contributed by atoms with Crippen molar-refractivity contribution in [1.29, 1.82) is 0 Å². The summed E-state index contributed by atoms with van der Waals surface area (Å²) in [7, 11) is 2.16. The lowest BCUT2D eigenvalue weighted by molar-refractivity contribution is 0.102. The zero-order valence-corrected chi connectivity index (χ0v) is 41.3. The van der Waals surface area contributed by atoms with Gasteiger partial charge in [-0.15, -0.1) is 0 Å². The zero-order valence-electron chi connectivity index (χ0n) is 39.7. The summed E-state index contributed by atoms with van der Waals surface area (Å²) in [6.07, 6.45) is 6.75.